The van der Waals surface area contributed by atoms with Crippen LogP contribution in [0.2, 0.25) is 0 Å². The first-order chi connectivity index (χ1) is 8.17. The molecule has 1 unspecified atom stereocenters. The van der Waals surface area contributed by atoms with E-state index in [1.807, 2.05) is 26.8 Å². The molecule has 17 heavy (non-hydrogen) atoms. The van der Waals surface area contributed by atoms with E-state index >= 15 is 0 Å². The molecule has 0 aliphatic rings. The second-order valence-corrected chi connectivity index (χ2v) is 4.00. The van der Waals surface area contributed by atoms with Gasteiger partial charge in [0.1, 0.15) is 5.75 Å². The molecule has 0 spiro atoms. The van der Waals surface area contributed by atoms with E-state index in [4.69, 9.17) is 15.3 Å². The number of hydrogen-bond donors (Lipinski definition) is 2. The van der Waals surface area contributed by atoms with Gasteiger partial charge in [0.15, 0.2) is 0 Å². The maximum Gasteiger partial charge on any atom is 0.138 e. The highest BCUT2D eigenvalue weighted by atomic mass is 16.5. The van der Waals surface area contributed by atoms with Crippen molar-refractivity contribution in [3.8, 4) is 5.75 Å². The van der Waals surface area contributed by atoms with Crippen LogP contribution in [0, 0.1) is 0 Å². The van der Waals surface area contributed by atoms with Crippen LogP contribution in [0.25, 0.3) is 0 Å². The predicted octanol–water partition coefficient (Wildman–Crippen LogP) is 1.41. The van der Waals surface area contributed by atoms with Crippen molar-refractivity contribution in [2.45, 2.75) is 32.9 Å². The Hall–Kier alpha value is -1.17. The Balaban J connectivity index is 2.73. The third-order valence-corrected chi connectivity index (χ3v) is 2.20. The summed E-state index contributed by atoms with van der Waals surface area (Å²) in [5.74, 6) is 6.24. The Morgan fingerprint density at radius 3 is 2.76 bits per heavy atom. The predicted molar refractivity (Wildman–Crippen MR) is 66.6 cm³/mol. The molecule has 96 valence electrons. The molecular weight excluding hydrogens is 218 g/mol. The minimum absolute atomic E-state index is 0.0711. The monoisotopic (exact) mass is 239 g/mol. The first kappa shape index (κ1) is 13.9. The second-order valence-electron chi connectivity index (χ2n) is 4.00. The Morgan fingerprint density at radius 2 is 2.18 bits per heavy atom. The average Bonchev–Trinajstić information content (AvgIpc) is 2.30. The van der Waals surface area contributed by atoms with E-state index in [-0.39, 0.29) is 12.1 Å². The Kier molecular flexibility index (Phi) is 5.90. The van der Waals surface area contributed by atoms with Crippen LogP contribution < -0.4 is 16.0 Å². The van der Waals surface area contributed by atoms with Gasteiger partial charge in [-0.05, 0) is 32.4 Å². The lowest BCUT2D eigenvalue weighted by atomic mass is 10.1. The van der Waals surface area contributed by atoms with E-state index in [2.05, 4.69) is 10.4 Å². The average molecular weight is 239 g/mol. The van der Waals surface area contributed by atoms with Gasteiger partial charge in [-0.3, -0.25) is 16.3 Å². The standard InChI is InChI=1S/C12H21N3O2/c1-4-16-8-12(15-13)10-5-11(7-14-6-10)17-9(2)3/h5-7,9,12,15H,4,8,13H2,1-3H3. The number of hydrogen-bond acceptors (Lipinski definition) is 5. The number of nitrogens with one attached hydrogen (secondary N) is 1. The summed E-state index contributed by atoms with van der Waals surface area (Å²) in [5.41, 5.74) is 3.67. The van der Waals surface area contributed by atoms with Gasteiger partial charge >= 0.3 is 0 Å². The molecule has 1 aromatic heterocycles. The summed E-state index contributed by atoms with van der Waals surface area (Å²) in [6, 6.07) is 1.86. The quantitative estimate of drug-likeness (QED) is 0.556. The summed E-state index contributed by atoms with van der Waals surface area (Å²) in [4.78, 5) is 4.14. The van der Waals surface area contributed by atoms with Crippen molar-refractivity contribution in [3.05, 3.63) is 24.0 Å². The normalized spacial score (nSPS) is 12.8. The maximum atomic E-state index is 5.58. The smallest absolute Gasteiger partial charge is 0.138 e. The number of ether oxygens (including phenoxy) is 2. The van der Waals surface area contributed by atoms with E-state index in [9.17, 15) is 0 Å². The van der Waals surface area contributed by atoms with Crippen molar-refractivity contribution in [1.82, 2.24) is 10.4 Å². The molecule has 3 N–H and O–H groups in total. The van der Waals surface area contributed by atoms with E-state index < -0.39 is 0 Å². The highest BCUT2D eigenvalue weighted by Gasteiger charge is 2.11. The summed E-state index contributed by atoms with van der Waals surface area (Å²) in [6.07, 6.45) is 3.58. The molecule has 1 rings (SSSR count). The first-order valence-corrected chi connectivity index (χ1v) is 5.82. The summed E-state index contributed by atoms with van der Waals surface area (Å²) in [6.45, 7) is 7.08. The Bertz CT molecular complexity index is 331. The zero-order chi connectivity index (χ0) is 12.7. The van der Waals surface area contributed by atoms with E-state index in [0.717, 1.165) is 11.3 Å². The number of rotatable bonds is 7. The highest BCUT2D eigenvalue weighted by molar-refractivity contribution is 5.26. The van der Waals surface area contributed by atoms with Gasteiger partial charge in [0, 0.05) is 12.8 Å². The molecule has 0 saturated carbocycles. The lowest BCUT2D eigenvalue weighted by Crippen LogP contribution is -2.31. The van der Waals surface area contributed by atoms with E-state index in [1.54, 1.807) is 12.4 Å². The van der Waals surface area contributed by atoms with Crippen molar-refractivity contribution in [2.75, 3.05) is 13.2 Å². The molecule has 1 aromatic rings. The van der Waals surface area contributed by atoms with Crippen LogP contribution in [0.1, 0.15) is 32.4 Å². The SMILES string of the molecule is CCOCC(NN)c1cncc(OC(C)C)c1. The van der Waals surface area contributed by atoms with Gasteiger partial charge in [-0.25, -0.2) is 0 Å². The molecule has 0 saturated heterocycles. The molecular formula is C12H21N3O2. The van der Waals surface area contributed by atoms with Crippen molar-refractivity contribution in [2.24, 2.45) is 5.84 Å². The summed E-state index contributed by atoms with van der Waals surface area (Å²) >= 11 is 0. The zero-order valence-electron chi connectivity index (χ0n) is 10.6. The number of aromatic nitrogens is 1. The lowest BCUT2D eigenvalue weighted by molar-refractivity contribution is 0.123. The van der Waals surface area contributed by atoms with Crippen LogP contribution in [-0.2, 0) is 4.74 Å². The van der Waals surface area contributed by atoms with Gasteiger partial charge in [-0.2, -0.15) is 0 Å². The molecule has 1 atom stereocenters. The van der Waals surface area contributed by atoms with Crippen LogP contribution in [0.5, 0.6) is 5.75 Å². The summed E-state index contributed by atoms with van der Waals surface area (Å²) in [7, 11) is 0. The van der Waals surface area contributed by atoms with Gasteiger partial charge in [-0.1, -0.05) is 0 Å². The molecule has 0 aliphatic heterocycles. The third kappa shape index (κ3) is 4.68. The van der Waals surface area contributed by atoms with Crippen LogP contribution in [0.15, 0.2) is 18.5 Å². The van der Waals surface area contributed by atoms with Gasteiger partial charge < -0.3 is 9.47 Å². The van der Waals surface area contributed by atoms with Crippen molar-refractivity contribution in [1.29, 1.82) is 0 Å². The van der Waals surface area contributed by atoms with E-state index in [1.165, 1.54) is 0 Å². The van der Waals surface area contributed by atoms with Gasteiger partial charge in [-0.15, -0.1) is 0 Å². The molecule has 0 radical (unpaired) electrons. The van der Waals surface area contributed by atoms with Crippen LogP contribution in [0.4, 0.5) is 0 Å². The second kappa shape index (κ2) is 7.21. The molecule has 0 aromatic carbocycles. The molecule has 5 heteroatoms. The minimum Gasteiger partial charge on any atom is -0.489 e. The fourth-order valence-corrected chi connectivity index (χ4v) is 1.44. The largest absolute Gasteiger partial charge is 0.489 e. The van der Waals surface area contributed by atoms with E-state index in [0.29, 0.717) is 13.2 Å². The van der Waals surface area contributed by atoms with Crippen molar-refractivity contribution in [3.63, 3.8) is 0 Å². The number of nitrogens with zero attached hydrogens (tertiary/aromatic N) is 1. The Morgan fingerprint density at radius 1 is 1.41 bits per heavy atom. The van der Waals surface area contributed by atoms with Crippen LogP contribution in [-0.4, -0.2) is 24.3 Å². The molecule has 0 amide bonds. The zero-order valence-corrected chi connectivity index (χ0v) is 10.6. The van der Waals surface area contributed by atoms with Crippen molar-refractivity contribution < 1.29 is 9.47 Å². The first-order valence-electron chi connectivity index (χ1n) is 5.82. The number of nitrogens with two attached hydrogens (primary N) is 1. The molecule has 0 fully saturated rings. The fourth-order valence-electron chi connectivity index (χ4n) is 1.44. The number of pyridine rings is 1. The number of hydrazine groups is 1. The summed E-state index contributed by atoms with van der Waals surface area (Å²) < 4.78 is 10.9. The third-order valence-electron chi connectivity index (χ3n) is 2.20. The lowest BCUT2D eigenvalue weighted by Gasteiger charge is -2.17. The van der Waals surface area contributed by atoms with Crippen LogP contribution in [0.3, 0.4) is 0 Å². The molecule has 0 aliphatic carbocycles. The topological polar surface area (TPSA) is 69.4 Å². The van der Waals surface area contributed by atoms with Gasteiger partial charge in [0.05, 0.1) is 24.9 Å². The fraction of sp³-hybridized carbons (Fsp3) is 0.583. The molecule has 5 nitrogen and oxygen atoms in total. The molecule has 0 bridgehead atoms. The highest BCUT2D eigenvalue weighted by Crippen LogP contribution is 2.18. The van der Waals surface area contributed by atoms with Crippen LogP contribution >= 0.6 is 0 Å². The summed E-state index contributed by atoms with van der Waals surface area (Å²) in [5, 5.41) is 0. The maximum absolute atomic E-state index is 5.58. The van der Waals surface area contributed by atoms with Gasteiger partial charge in [0.25, 0.3) is 0 Å². The molecule has 1 heterocycles. The minimum atomic E-state index is -0.0711. The van der Waals surface area contributed by atoms with Gasteiger partial charge in [0.2, 0.25) is 0 Å². The Labute approximate surface area is 102 Å². The van der Waals surface area contributed by atoms with Crippen molar-refractivity contribution >= 4 is 0 Å².